The van der Waals surface area contributed by atoms with Gasteiger partial charge in [-0.25, -0.2) is 17.8 Å². The third-order valence-electron chi connectivity index (χ3n) is 4.60. The maximum absolute atomic E-state index is 14.3. The van der Waals surface area contributed by atoms with Crippen molar-refractivity contribution in [3.05, 3.63) is 64.4 Å². The molecule has 0 bridgehead atoms. The van der Waals surface area contributed by atoms with Crippen molar-refractivity contribution in [1.82, 2.24) is 9.29 Å². The lowest BCUT2D eigenvalue weighted by molar-refractivity contribution is 0.0729. The van der Waals surface area contributed by atoms with Crippen LogP contribution in [0.4, 0.5) is 10.1 Å². The summed E-state index contributed by atoms with van der Waals surface area (Å²) in [6.07, 6.45) is 0. The predicted molar refractivity (Wildman–Crippen MR) is 116 cm³/mol. The van der Waals surface area contributed by atoms with Gasteiger partial charge in [0.15, 0.2) is 0 Å². The highest BCUT2D eigenvalue weighted by molar-refractivity contribution is 7.89. The van der Waals surface area contributed by atoms with Crippen LogP contribution in [0.3, 0.4) is 0 Å². The van der Waals surface area contributed by atoms with E-state index in [9.17, 15) is 17.6 Å². The quantitative estimate of drug-likeness (QED) is 0.597. The molecule has 4 rings (SSSR count). The molecule has 31 heavy (non-hydrogen) atoms. The molecule has 1 aromatic heterocycles. The molecule has 11 heteroatoms. The number of hydrogen-bond acceptors (Lipinski definition) is 6. The molecule has 1 fully saturated rings. The van der Waals surface area contributed by atoms with Gasteiger partial charge in [-0.15, -0.1) is 11.3 Å². The van der Waals surface area contributed by atoms with Crippen LogP contribution in [-0.4, -0.2) is 49.9 Å². The number of ether oxygens (including phenoxy) is 1. The summed E-state index contributed by atoms with van der Waals surface area (Å²) in [5, 5.41) is 5.41. The van der Waals surface area contributed by atoms with Gasteiger partial charge < -0.3 is 10.1 Å². The zero-order valence-corrected chi connectivity index (χ0v) is 18.4. The zero-order chi connectivity index (χ0) is 22.0. The Balaban J connectivity index is 1.54. The Bertz CT molecular complexity index is 1210. The number of nitrogens with one attached hydrogen (secondary N) is 1. The average molecular weight is 482 g/mol. The molecule has 2 heterocycles. The summed E-state index contributed by atoms with van der Waals surface area (Å²) in [6, 6.07) is 10.5. The van der Waals surface area contributed by atoms with Gasteiger partial charge in [0.25, 0.3) is 5.91 Å². The number of hydrogen-bond donors (Lipinski definition) is 1. The van der Waals surface area contributed by atoms with Crippen LogP contribution < -0.4 is 5.32 Å². The van der Waals surface area contributed by atoms with E-state index in [1.54, 1.807) is 29.6 Å². The first-order chi connectivity index (χ1) is 14.8. The largest absolute Gasteiger partial charge is 0.379 e. The number of aromatic nitrogens is 1. The van der Waals surface area contributed by atoms with E-state index in [4.69, 9.17) is 16.3 Å². The Morgan fingerprint density at radius 1 is 1.16 bits per heavy atom. The van der Waals surface area contributed by atoms with Crippen LogP contribution in [0, 0.1) is 5.82 Å². The summed E-state index contributed by atoms with van der Waals surface area (Å²) in [4.78, 5) is 16.4. The zero-order valence-electron chi connectivity index (χ0n) is 16.0. The molecule has 0 saturated carbocycles. The Kier molecular flexibility index (Phi) is 6.35. The first-order valence-electron chi connectivity index (χ1n) is 9.25. The van der Waals surface area contributed by atoms with Gasteiger partial charge in [-0.1, -0.05) is 23.7 Å². The van der Waals surface area contributed by atoms with Crippen LogP contribution in [0.5, 0.6) is 0 Å². The lowest BCUT2D eigenvalue weighted by Crippen LogP contribution is -2.40. The molecule has 0 unspecified atom stereocenters. The van der Waals surface area contributed by atoms with Crippen LogP contribution in [0.15, 0.2) is 52.7 Å². The summed E-state index contributed by atoms with van der Waals surface area (Å²) in [5.41, 5.74) is 1.13. The molecule has 2 aromatic carbocycles. The summed E-state index contributed by atoms with van der Waals surface area (Å²) in [5.74, 6) is -1.42. The topological polar surface area (TPSA) is 88.6 Å². The van der Waals surface area contributed by atoms with Crippen molar-refractivity contribution in [3.8, 4) is 10.6 Å². The van der Waals surface area contributed by atoms with E-state index in [0.717, 1.165) is 17.7 Å². The summed E-state index contributed by atoms with van der Waals surface area (Å²) >= 11 is 7.18. The van der Waals surface area contributed by atoms with Crippen molar-refractivity contribution < 1.29 is 22.3 Å². The van der Waals surface area contributed by atoms with E-state index < -0.39 is 26.6 Å². The molecule has 1 N–H and O–H groups in total. The Morgan fingerprint density at radius 3 is 2.58 bits per heavy atom. The number of benzene rings is 2. The monoisotopic (exact) mass is 481 g/mol. The van der Waals surface area contributed by atoms with Gasteiger partial charge in [-0.2, -0.15) is 4.31 Å². The van der Waals surface area contributed by atoms with Gasteiger partial charge in [-0.3, -0.25) is 4.79 Å². The van der Waals surface area contributed by atoms with Crippen molar-refractivity contribution in [2.45, 2.75) is 4.90 Å². The van der Waals surface area contributed by atoms with E-state index >= 15 is 0 Å². The number of sulfonamides is 1. The fraction of sp³-hybridized carbons (Fsp3) is 0.200. The van der Waals surface area contributed by atoms with Gasteiger partial charge in [0.2, 0.25) is 10.0 Å². The third-order valence-corrected chi connectivity index (χ3v) is 7.66. The summed E-state index contributed by atoms with van der Waals surface area (Å²) in [6.45, 7) is 0.781. The lowest BCUT2D eigenvalue weighted by Gasteiger charge is -2.26. The lowest BCUT2D eigenvalue weighted by atomic mass is 10.2. The molecule has 3 aromatic rings. The standard InChI is InChI=1S/C20H17ClFN3O4S2/c21-14-3-1-13(2-4-14)20-24-17(12-30-20)19(26)23-15-5-6-16(22)18(11-15)31(27,28)25-7-9-29-10-8-25/h1-6,11-12H,7-10H2,(H,23,26). The Hall–Kier alpha value is -2.37. The number of anilines is 1. The number of nitrogens with zero attached hydrogens (tertiary/aromatic N) is 2. The van der Waals surface area contributed by atoms with Crippen molar-refractivity contribution in [3.63, 3.8) is 0 Å². The van der Waals surface area contributed by atoms with Gasteiger partial charge in [-0.05, 0) is 30.3 Å². The van der Waals surface area contributed by atoms with Crippen LogP contribution in [0.2, 0.25) is 5.02 Å². The molecule has 1 aliphatic rings. The number of carbonyl (C=O) groups is 1. The first-order valence-corrected chi connectivity index (χ1v) is 11.9. The minimum absolute atomic E-state index is 0.144. The molecule has 0 aliphatic carbocycles. The first kappa shape index (κ1) is 21.8. The number of carbonyl (C=O) groups excluding carboxylic acids is 1. The van der Waals surface area contributed by atoms with Crippen molar-refractivity contribution in [2.75, 3.05) is 31.6 Å². The number of rotatable bonds is 5. The fourth-order valence-corrected chi connectivity index (χ4v) is 5.43. The van der Waals surface area contributed by atoms with Crippen molar-refractivity contribution in [2.24, 2.45) is 0 Å². The molecule has 1 aliphatic heterocycles. The van der Waals surface area contributed by atoms with E-state index in [-0.39, 0.29) is 37.7 Å². The van der Waals surface area contributed by atoms with E-state index in [2.05, 4.69) is 10.3 Å². The van der Waals surface area contributed by atoms with E-state index in [1.807, 2.05) is 0 Å². The number of halogens is 2. The SMILES string of the molecule is O=C(Nc1ccc(F)c(S(=O)(=O)N2CCOCC2)c1)c1csc(-c2ccc(Cl)cc2)n1. The summed E-state index contributed by atoms with van der Waals surface area (Å²) in [7, 11) is -4.05. The molecular weight excluding hydrogens is 465 g/mol. The number of morpholine rings is 1. The predicted octanol–water partition coefficient (Wildman–Crippen LogP) is 3.88. The maximum Gasteiger partial charge on any atom is 0.275 e. The second kappa shape index (κ2) is 9.01. The highest BCUT2D eigenvalue weighted by atomic mass is 35.5. The molecule has 0 spiro atoms. The number of amides is 1. The van der Waals surface area contributed by atoms with Gasteiger partial charge in [0, 0.05) is 34.7 Å². The van der Waals surface area contributed by atoms with E-state index in [1.165, 1.54) is 21.7 Å². The molecule has 0 atom stereocenters. The minimum Gasteiger partial charge on any atom is -0.379 e. The normalized spacial score (nSPS) is 15.0. The van der Waals surface area contributed by atoms with Gasteiger partial charge >= 0.3 is 0 Å². The molecule has 7 nitrogen and oxygen atoms in total. The molecular formula is C20H17ClFN3O4S2. The summed E-state index contributed by atoms with van der Waals surface area (Å²) < 4.78 is 46.2. The van der Waals surface area contributed by atoms with E-state index in [0.29, 0.717) is 10.0 Å². The minimum atomic E-state index is -4.05. The second-order valence-corrected chi connectivity index (χ2v) is 9.86. The molecule has 1 amide bonds. The molecule has 0 radical (unpaired) electrons. The highest BCUT2D eigenvalue weighted by Gasteiger charge is 2.29. The third kappa shape index (κ3) is 4.78. The van der Waals surface area contributed by atoms with Crippen LogP contribution >= 0.6 is 22.9 Å². The Labute approximate surface area is 187 Å². The van der Waals surface area contributed by atoms with Crippen LogP contribution in [0.25, 0.3) is 10.6 Å². The average Bonchev–Trinajstić information content (AvgIpc) is 3.26. The highest BCUT2D eigenvalue weighted by Crippen LogP contribution is 2.27. The smallest absolute Gasteiger partial charge is 0.275 e. The second-order valence-electron chi connectivity index (χ2n) is 6.66. The van der Waals surface area contributed by atoms with Crippen LogP contribution in [-0.2, 0) is 14.8 Å². The van der Waals surface area contributed by atoms with Gasteiger partial charge in [0.05, 0.1) is 13.2 Å². The van der Waals surface area contributed by atoms with Crippen molar-refractivity contribution >= 4 is 44.6 Å². The number of thiazole rings is 1. The maximum atomic E-state index is 14.3. The fourth-order valence-electron chi connectivity index (χ4n) is 3.00. The molecule has 162 valence electrons. The van der Waals surface area contributed by atoms with Gasteiger partial charge in [0.1, 0.15) is 21.4 Å². The molecule has 1 saturated heterocycles. The van der Waals surface area contributed by atoms with Crippen LogP contribution in [0.1, 0.15) is 10.5 Å². The van der Waals surface area contributed by atoms with Crippen molar-refractivity contribution in [1.29, 1.82) is 0 Å². The Morgan fingerprint density at radius 2 is 1.87 bits per heavy atom.